The number of hydrogen-bond donors (Lipinski definition) is 1. The minimum atomic E-state index is -0.610. The molecule has 1 unspecified atom stereocenters. The number of aliphatic hydroxyl groups is 1. The van der Waals surface area contributed by atoms with Gasteiger partial charge < -0.3 is 9.84 Å². The molecule has 0 spiro atoms. The number of methoxy groups -OCH3 is 1. The molecule has 1 heterocycles. The molecule has 1 aromatic heterocycles. The lowest BCUT2D eigenvalue weighted by Crippen LogP contribution is -2.04. The van der Waals surface area contributed by atoms with Crippen LogP contribution in [0.5, 0.6) is 5.75 Å². The number of aryl methyl sites for hydroxylation is 3. The van der Waals surface area contributed by atoms with Gasteiger partial charge in [-0.05, 0) is 49.6 Å². The van der Waals surface area contributed by atoms with Crippen LogP contribution in [0, 0.1) is 13.8 Å². The molecule has 1 N–H and O–H groups in total. The second-order valence-corrected chi connectivity index (χ2v) is 5.96. The molecule has 0 aliphatic rings. The second kappa shape index (κ2) is 5.76. The number of thiophene rings is 1. The molecule has 0 saturated heterocycles. The molecule has 0 aliphatic heterocycles. The van der Waals surface area contributed by atoms with Crippen molar-refractivity contribution in [2.24, 2.45) is 0 Å². The van der Waals surface area contributed by atoms with Gasteiger partial charge in [0.05, 0.1) is 7.11 Å². The van der Waals surface area contributed by atoms with Gasteiger partial charge in [-0.15, -0.1) is 11.3 Å². The van der Waals surface area contributed by atoms with Crippen LogP contribution in [0.15, 0.2) is 24.3 Å². The van der Waals surface area contributed by atoms with E-state index in [0.29, 0.717) is 0 Å². The zero-order chi connectivity index (χ0) is 14.0. The van der Waals surface area contributed by atoms with Gasteiger partial charge in [0.25, 0.3) is 0 Å². The van der Waals surface area contributed by atoms with Gasteiger partial charge in [0.15, 0.2) is 0 Å². The fourth-order valence-electron chi connectivity index (χ4n) is 2.33. The summed E-state index contributed by atoms with van der Waals surface area (Å²) in [6.45, 7) is 6.17. The Hall–Kier alpha value is -1.32. The van der Waals surface area contributed by atoms with Crippen LogP contribution < -0.4 is 4.74 Å². The monoisotopic (exact) mass is 276 g/mol. The maximum atomic E-state index is 10.6. The van der Waals surface area contributed by atoms with E-state index in [0.717, 1.165) is 33.7 Å². The lowest BCUT2D eigenvalue weighted by Gasteiger charge is -2.17. The van der Waals surface area contributed by atoms with Crippen LogP contribution in [0.2, 0.25) is 0 Å². The van der Waals surface area contributed by atoms with E-state index in [4.69, 9.17) is 4.74 Å². The van der Waals surface area contributed by atoms with Gasteiger partial charge in [0, 0.05) is 15.3 Å². The van der Waals surface area contributed by atoms with Gasteiger partial charge in [-0.3, -0.25) is 0 Å². The fraction of sp³-hybridized carbons (Fsp3) is 0.375. The van der Waals surface area contributed by atoms with Gasteiger partial charge >= 0.3 is 0 Å². The lowest BCUT2D eigenvalue weighted by atomic mass is 9.98. The summed E-state index contributed by atoms with van der Waals surface area (Å²) in [4.78, 5) is 2.26. The van der Waals surface area contributed by atoms with Gasteiger partial charge in [0.2, 0.25) is 0 Å². The highest BCUT2D eigenvalue weighted by atomic mass is 32.1. The largest absolute Gasteiger partial charge is 0.496 e. The van der Waals surface area contributed by atoms with E-state index in [-0.39, 0.29) is 0 Å². The zero-order valence-electron chi connectivity index (χ0n) is 11.9. The first-order valence-corrected chi connectivity index (χ1v) is 7.30. The molecule has 102 valence electrons. The third-order valence-electron chi connectivity index (χ3n) is 3.29. The van der Waals surface area contributed by atoms with E-state index in [2.05, 4.69) is 19.1 Å². The van der Waals surface area contributed by atoms with Crippen molar-refractivity contribution in [1.29, 1.82) is 0 Å². The van der Waals surface area contributed by atoms with Crippen LogP contribution in [-0.4, -0.2) is 12.2 Å². The Morgan fingerprint density at radius 2 is 2.00 bits per heavy atom. The van der Waals surface area contributed by atoms with Crippen molar-refractivity contribution in [3.63, 3.8) is 0 Å². The molecule has 2 rings (SSSR count). The predicted molar refractivity (Wildman–Crippen MR) is 80.2 cm³/mol. The summed E-state index contributed by atoms with van der Waals surface area (Å²) in [5.74, 6) is 0.761. The number of aliphatic hydroxyl groups excluding tert-OH is 1. The van der Waals surface area contributed by atoms with Crippen molar-refractivity contribution in [2.75, 3.05) is 7.11 Å². The quantitative estimate of drug-likeness (QED) is 0.914. The van der Waals surface area contributed by atoms with Crippen LogP contribution >= 0.6 is 11.3 Å². The molecule has 1 aromatic carbocycles. The molecule has 2 nitrogen and oxygen atoms in total. The molecule has 0 saturated carbocycles. The van der Waals surface area contributed by atoms with Crippen molar-refractivity contribution in [2.45, 2.75) is 33.3 Å². The Bertz CT molecular complexity index is 572. The summed E-state index contributed by atoms with van der Waals surface area (Å²) >= 11 is 1.66. The van der Waals surface area contributed by atoms with E-state index < -0.39 is 6.10 Å². The molecule has 3 heteroatoms. The van der Waals surface area contributed by atoms with Crippen LogP contribution in [-0.2, 0) is 6.42 Å². The Morgan fingerprint density at radius 1 is 1.26 bits per heavy atom. The molecule has 0 radical (unpaired) electrons. The van der Waals surface area contributed by atoms with Gasteiger partial charge in [-0.2, -0.15) is 0 Å². The smallest absolute Gasteiger partial charge is 0.125 e. The summed E-state index contributed by atoms with van der Waals surface area (Å²) < 4.78 is 5.43. The standard InChI is InChI=1S/C16H20O2S/c1-5-12-6-7-14(19-12)16(17)15-11(3)8-10(2)9-13(15)18-4/h6-9,16-17H,5H2,1-4H3. The first-order chi connectivity index (χ1) is 9.06. The SMILES string of the molecule is CCc1ccc(C(O)c2c(C)cc(C)cc2OC)s1. The van der Waals surface area contributed by atoms with Gasteiger partial charge in [-0.25, -0.2) is 0 Å². The predicted octanol–water partition coefficient (Wildman–Crippen LogP) is 4.02. The van der Waals surface area contributed by atoms with Crippen LogP contribution in [0.3, 0.4) is 0 Å². The summed E-state index contributed by atoms with van der Waals surface area (Å²) in [7, 11) is 1.65. The Balaban J connectivity index is 2.45. The molecule has 0 bridgehead atoms. The van der Waals surface area contributed by atoms with Crippen LogP contribution in [0.4, 0.5) is 0 Å². The van der Waals surface area contributed by atoms with Crippen LogP contribution in [0.1, 0.15) is 39.5 Å². The average molecular weight is 276 g/mol. The van der Waals surface area contributed by atoms with Crippen molar-refractivity contribution < 1.29 is 9.84 Å². The summed E-state index contributed by atoms with van der Waals surface area (Å²) in [6, 6.07) is 8.14. The number of benzene rings is 1. The first kappa shape index (κ1) is 14.1. The lowest BCUT2D eigenvalue weighted by molar-refractivity contribution is 0.217. The summed E-state index contributed by atoms with van der Waals surface area (Å²) in [5, 5.41) is 10.6. The van der Waals surface area contributed by atoms with Crippen molar-refractivity contribution in [3.8, 4) is 5.75 Å². The second-order valence-electron chi connectivity index (χ2n) is 4.76. The van der Waals surface area contributed by atoms with Crippen molar-refractivity contribution >= 4 is 11.3 Å². The highest BCUT2D eigenvalue weighted by molar-refractivity contribution is 7.12. The van der Waals surface area contributed by atoms with E-state index in [1.165, 1.54) is 4.88 Å². The molecule has 1 atom stereocenters. The minimum Gasteiger partial charge on any atom is -0.496 e. The van der Waals surface area contributed by atoms with Gasteiger partial charge in [0.1, 0.15) is 11.9 Å². The zero-order valence-corrected chi connectivity index (χ0v) is 12.7. The molecule has 0 amide bonds. The topological polar surface area (TPSA) is 29.5 Å². The maximum Gasteiger partial charge on any atom is 0.125 e. The molecule has 0 fully saturated rings. The molecular weight excluding hydrogens is 256 g/mol. The van der Waals surface area contributed by atoms with Gasteiger partial charge in [-0.1, -0.05) is 13.0 Å². The van der Waals surface area contributed by atoms with E-state index >= 15 is 0 Å². The van der Waals surface area contributed by atoms with E-state index in [1.807, 2.05) is 26.0 Å². The average Bonchev–Trinajstić information content (AvgIpc) is 2.85. The number of rotatable bonds is 4. The Kier molecular flexibility index (Phi) is 4.27. The molecular formula is C16H20O2S. The van der Waals surface area contributed by atoms with Crippen LogP contribution in [0.25, 0.3) is 0 Å². The molecule has 2 aromatic rings. The van der Waals surface area contributed by atoms with Crippen molar-refractivity contribution in [3.05, 3.63) is 50.7 Å². The fourth-order valence-corrected chi connectivity index (χ4v) is 3.28. The van der Waals surface area contributed by atoms with E-state index in [9.17, 15) is 5.11 Å². The number of hydrogen-bond acceptors (Lipinski definition) is 3. The van der Waals surface area contributed by atoms with Crippen molar-refractivity contribution in [1.82, 2.24) is 0 Å². The normalized spacial score (nSPS) is 12.5. The Labute approximate surface area is 118 Å². The maximum absolute atomic E-state index is 10.6. The summed E-state index contributed by atoms with van der Waals surface area (Å²) in [5.41, 5.74) is 3.08. The molecule has 19 heavy (non-hydrogen) atoms. The number of ether oxygens (including phenoxy) is 1. The molecule has 0 aliphatic carbocycles. The first-order valence-electron chi connectivity index (χ1n) is 6.48. The highest BCUT2D eigenvalue weighted by Gasteiger charge is 2.20. The highest BCUT2D eigenvalue weighted by Crippen LogP contribution is 2.36. The summed E-state index contributed by atoms with van der Waals surface area (Å²) in [6.07, 6.45) is 0.391. The Morgan fingerprint density at radius 3 is 2.58 bits per heavy atom. The minimum absolute atomic E-state index is 0.610. The third-order valence-corrected chi connectivity index (χ3v) is 4.57. The third kappa shape index (κ3) is 2.82. The van der Waals surface area contributed by atoms with E-state index in [1.54, 1.807) is 18.4 Å².